The molecule has 0 aromatic carbocycles. The van der Waals surface area contributed by atoms with Gasteiger partial charge in [-0.15, -0.1) is 0 Å². The minimum absolute atomic E-state index is 0.378. The highest BCUT2D eigenvalue weighted by Crippen LogP contribution is 2.10. The standard InChI is InChI=1S/C14H26O2/c1-2-3-4-5-6-7-8-9-10-11-15-12-14-13-16-14/h10-11,14H,2-9,12-13H2,1H3. The zero-order valence-corrected chi connectivity index (χ0v) is 10.6. The Morgan fingerprint density at radius 1 is 1.12 bits per heavy atom. The van der Waals surface area contributed by atoms with Gasteiger partial charge in [0.05, 0.1) is 12.9 Å². The van der Waals surface area contributed by atoms with E-state index in [0.29, 0.717) is 6.10 Å². The van der Waals surface area contributed by atoms with Crippen LogP contribution in [0.15, 0.2) is 12.3 Å². The smallest absolute Gasteiger partial charge is 0.116 e. The van der Waals surface area contributed by atoms with Crippen molar-refractivity contribution < 1.29 is 9.47 Å². The molecule has 1 atom stereocenters. The van der Waals surface area contributed by atoms with Gasteiger partial charge in [-0.1, -0.05) is 45.4 Å². The molecular formula is C14H26O2. The van der Waals surface area contributed by atoms with E-state index >= 15 is 0 Å². The second-order valence-corrected chi connectivity index (χ2v) is 4.57. The lowest BCUT2D eigenvalue weighted by atomic mass is 10.1. The maximum absolute atomic E-state index is 5.31. The van der Waals surface area contributed by atoms with E-state index in [9.17, 15) is 0 Å². The van der Waals surface area contributed by atoms with Crippen molar-refractivity contribution in [3.8, 4) is 0 Å². The van der Waals surface area contributed by atoms with Gasteiger partial charge in [-0.2, -0.15) is 0 Å². The van der Waals surface area contributed by atoms with E-state index in [1.807, 2.05) is 6.26 Å². The first kappa shape index (κ1) is 13.6. The van der Waals surface area contributed by atoms with Crippen molar-refractivity contribution >= 4 is 0 Å². The normalized spacial score (nSPS) is 19.2. The van der Waals surface area contributed by atoms with Gasteiger partial charge in [-0.3, -0.25) is 0 Å². The fraction of sp³-hybridized carbons (Fsp3) is 0.857. The van der Waals surface area contributed by atoms with Crippen LogP contribution in [0.25, 0.3) is 0 Å². The summed E-state index contributed by atoms with van der Waals surface area (Å²) in [7, 11) is 0. The van der Waals surface area contributed by atoms with Crippen molar-refractivity contribution in [3.63, 3.8) is 0 Å². The summed E-state index contributed by atoms with van der Waals surface area (Å²) in [4.78, 5) is 0. The van der Waals surface area contributed by atoms with Crippen molar-refractivity contribution in [2.24, 2.45) is 0 Å². The zero-order valence-electron chi connectivity index (χ0n) is 10.6. The fourth-order valence-electron chi connectivity index (χ4n) is 1.68. The predicted octanol–water partition coefficient (Wildman–Crippen LogP) is 4.06. The molecule has 0 aromatic heterocycles. The van der Waals surface area contributed by atoms with E-state index in [-0.39, 0.29) is 0 Å². The SMILES string of the molecule is CCCCCCCCCC=COCC1CO1. The first-order valence-electron chi connectivity index (χ1n) is 6.81. The molecule has 0 amide bonds. The monoisotopic (exact) mass is 226 g/mol. The molecule has 1 saturated heterocycles. The van der Waals surface area contributed by atoms with Gasteiger partial charge in [-0.05, 0) is 18.9 Å². The van der Waals surface area contributed by atoms with E-state index in [1.165, 1.54) is 44.9 Å². The lowest BCUT2D eigenvalue weighted by molar-refractivity contribution is 0.211. The van der Waals surface area contributed by atoms with Crippen LogP contribution in [-0.2, 0) is 9.47 Å². The molecule has 16 heavy (non-hydrogen) atoms. The number of epoxide rings is 1. The number of allylic oxidation sites excluding steroid dienone is 1. The lowest BCUT2D eigenvalue weighted by Crippen LogP contribution is -1.94. The Kier molecular flexibility index (Phi) is 8.23. The molecule has 0 aliphatic carbocycles. The Morgan fingerprint density at radius 3 is 2.50 bits per heavy atom. The minimum Gasteiger partial charge on any atom is -0.499 e. The lowest BCUT2D eigenvalue weighted by Gasteiger charge is -1.99. The maximum Gasteiger partial charge on any atom is 0.116 e. The summed E-state index contributed by atoms with van der Waals surface area (Å²) in [5.41, 5.74) is 0. The summed E-state index contributed by atoms with van der Waals surface area (Å²) < 4.78 is 10.4. The second kappa shape index (κ2) is 9.71. The molecule has 1 rings (SSSR count). The summed E-state index contributed by atoms with van der Waals surface area (Å²) >= 11 is 0. The van der Waals surface area contributed by atoms with Gasteiger partial charge in [0.25, 0.3) is 0 Å². The van der Waals surface area contributed by atoms with Crippen molar-refractivity contribution in [2.45, 2.75) is 64.4 Å². The fourth-order valence-corrected chi connectivity index (χ4v) is 1.68. The van der Waals surface area contributed by atoms with Gasteiger partial charge >= 0.3 is 0 Å². The molecule has 1 aliphatic rings. The Balaban J connectivity index is 1.69. The van der Waals surface area contributed by atoms with Crippen LogP contribution in [0.1, 0.15) is 58.3 Å². The van der Waals surface area contributed by atoms with Crippen LogP contribution in [0.4, 0.5) is 0 Å². The largest absolute Gasteiger partial charge is 0.499 e. The zero-order chi connectivity index (χ0) is 11.5. The summed E-state index contributed by atoms with van der Waals surface area (Å²) in [5.74, 6) is 0. The molecular weight excluding hydrogens is 200 g/mol. The topological polar surface area (TPSA) is 21.8 Å². The third-order valence-corrected chi connectivity index (χ3v) is 2.85. The summed E-state index contributed by atoms with van der Waals surface area (Å²) in [6, 6.07) is 0. The van der Waals surface area contributed by atoms with Gasteiger partial charge in [-0.25, -0.2) is 0 Å². The van der Waals surface area contributed by atoms with Crippen LogP contribution in [0.3, 0.4) is 0 Å². The highest BCUT2D eigenvalue weighted by molar-refractivity contribution is 4.75. The van der Waals surface area contributed by atoms with Gasteiger partial charge in [0.15, 0.2) is 0 Å². The number of hydrogen-bond donors (Lipinski definition) is 0. The Labute approximate surface area is 100 Å². The molecule has 0 radical (unpaired) electrons. The summed E-state index contributed by atoms with van der Waals surface area (Å²) in [6.45, 7) is 3.87. The Morgan fingerprint density at radius 2 is 1.81 bits per heavy atom. The molecule has 1 heterocycles. The van der Waals surface area contributed by atoms with Crippen molar-refractivity contribution in [1.82, 2.24) is 0 Å². The molecule has 0 spiro atoms. The number of ether oxygens (including phenoxy) is 2. The number of rotatable bonds is 11. The third kappa shape index (κ3) is 8.78. The van der Waals surface area contributed by atoms with Crippen LogP contribution in [0.2, 0.25) is 0 Å². The number of unbranched alkanes of at least 4 members (excludes halogenated alkanes) is 7. The van der Waals surface area contributed by atoms with Crippen LogP contribution < -0.4 is 0 Å². The van der Waals surface area contributed by atoms with Crippen molar-refractivity contribution in [3.05, 3.63) is 12.3 Å². The molecule has 2 heteroatoms. The van der Waals surface area contributed by atoms with E-state index in [4.69, 9.17) is 9.47 Å². The van der Waals surface area contributed by atoms with Crippen LogP contribution in [-0.4, -0.2) is 19.3 Å². The third-order valence-electron chi connectivity index (χ3n) is 2.85. The highest BCUT2D eigenvalue weighted by Gasteiger charge is 2.22. The Hall–Kier alpha value is -0.500. The molecule has 0 N–H and O–H groups in total. The van der Waals surface area contributed by atoms with E-state index in [2.05, 4.69) is 13.0 Å². The van der Waals surface area contributed by atoms with E-state index in [0.717, 1.165) is 19.6 Å². The Bertz CT molecular complexity index is 174. The number of hydrogen-bond acceptors (Lipinski definition) is 2. The molecule has 0 aromatic rings. The van der Waals surface area contributed by atoms with Gasteiger partial charge in [0, 0.05) is 0 Å². The highest BCUT2D eigenvalue weighted by atomic mass is 16.6. The first-order chi connectivity index (χ1) is 7.93. The van der Waals surface area contributed by atoms with Crippen LogP contribution in [0.5, 0.6) is 0 Å². The van der Waals surface area contributed by atoms with Gasteiger partial charge in [0.2, 0.25) is 0 Å². The first-order valence-corrected chi connectivity index (χ1v) is 6.81. The summed E-state index contributed by atoms with van der Waals surface area (Å²) in [5, 5.41) is 0. The quantitative estimate of drug-likeness (QED) is 0.301. The summed E-state index contributed by atoms with van der Waals surface area (Å²) in [6.07, 6.45) is 15.1. The van der Waals surface area contributed by atoms with Crippen LogP contribution >= 0.6 is 0 Å². The van der Waals surface area contributed by atoms with Gasteiger partial charge in [0.1, 0.15) is 12.7 Å². The predicted molar refractivity (Wildman–Crippen MR) is 67.4 cm³/mol. The molecule has 2 nitrogen and oxygen atoms in total. The molecule has 1 unspecified atom stereocenters. The van der Waals surface area contributed by atoms with Crippen molar-refractivity contribution in [2.75, 3.05) is 13.2 Å². The average Bonchev–Trinajstić information content (AvgIpc) is 3.10. The molecule has 1 aliphatic heterocycles. The van der Waals surface area contributed by atoms with Crippen molar-refractivity contribution in [1.29, 1.82) is 0 Å². The van der Waals surface area contributed by atoms with Crippen LogP contribution in [0, 0.1) is 0 Å². The molecule has 94 valence electrons. The maximum atomic E-state index is 5.31. The molecule has 0 bridgehead atoms. The molecule has 1 fully saturated rings. The minimum atomic E-state index is 0.378. The molecule has 0 saturated carbocycles. The van der Waals surface area contributed by atoms with Gasteiger partial charge < -0.3 is 9.47 Å². The van der Waals surface area contributed by atoms with E-state index in [1.54, 1.807) is 0 Å². The van der Waals surface area contributed by atoms with E-state index < -0.39 is 0 Å². The second-order valence-electron chi connectivity index (χ2n) is 4.57. The average molecular weight is 226 g/mol.